The van der Waals surface area contributed by atoms with E-state index in [0.717, 1.165) is 27.0 Å². The van der Waals surface area contributed by atoms with Gasteiger partial charge in [-0.05, 0) is 36.8 Å². The number of thiazole rings is 1. The minimum atomic E-state index is 0.479. The van der Waals surface area contributed by atoms with E-state index in [0.29, 0.717) is 15.6 Å². The van der Waals surface area contributed by atoms with E-state index in [2.05, 4.69) is 32.3 Å². The number of anilines is 1. The average Bonchev–Trinajstić information content (AvgIpc) is 3.09. The van der Waals surface area contributed by atoms with Gasteiger partial charge in [0, 0.05) is 32.3 Å². The Bertz CT molecular complexity index is 971. The number of allylic oxidation sites excluding steroid dienone is 1. The summed E-state index contributed by atoms with van der Waals surface area (Å²) in [7, 11) is 0. The lowest BCUT2D eigenvalue weighted by Gasteiger charge is -2.07. The molecule has 0 aliphatic rings. The third-order valence-corrected chi connectivity index (χ3v) is 5.45. The van der Waals surface area contributed by atoms with Crippen molar-refractivity contribution in [3.63, 3.8) is 0 Å². The predicted molar refractivity (Wildman–Crippen MR) is 109 cm³/mol. The van der Waals surface area contributed by atoms with Gasteiger partial charge in [0.15, 0.2) is 0 Å². The van der Waals surface area contributed by atoms with Crippen molar-refractivity contribution in [1.82, 2.24) is 4.98 Å². The third-order valence-electron chi connectivity index (χ3n) is 3.63. The fourth-order valence-corrected chi connectivity index (χ4v) is 3.44. The highest BCUT2D eigenvalue weighted by atomic mass is 79.9. The molecule has 0 atom stereocenters. The topological polar surface area (TPSA) is 48.7 Å². The molecule has 1 heterocycles. The van der Waals surface area contributed by atoms with Gasteiger partial charge in [0.25, 0.3) is 0 Å². The molecule has 0 unspecified atom stereocenters. The zero-order chi connectivity index (χ0) is 17.8. The zero-order valence-corrected chi connectivity index (χ0v) is 16.4. The van der Waals surface area contributed by atoms with E-state index in [9.17, 15) is 5.26 Å². The molecular formula is C19H13BrClN3S. The highest BCUT2D eigenvalue weighted by molar-refractivity contribution is 9.10. The molecule has 25 heavy (non-hydrogen) atoms. The summed E-state index contributed by atoms with van der Waals surface area (Å²) in [4.78, 5) is 4.58. The lowest BCUT2D eigenvalue weighted by Crippen LogP contribution is -1.94. The first-order valence-corrected chi connectivity index (χ1v) is 9.47. The van der Waals surface area contributed by atoms with Gasteiger partial charge in [0.2, 0.25) is 0 Å². The minimum Gasteiger partial charge on any atom is -0.360 e. The van der Waals surface area contributed by atoms with Crippen LogP contribution in [0.25, 0.3) is 16.8 Å². The van der Waals surface area contributed by atoms with Crippen molar-refractivity contribution >= 4 is 50.1 Å². The molecule has 0 amide bonds. The van der Waals surface area contributed by atoms with Crippen molar-refractivity contribution in [3.8, 4) is 17.3 Å². The van der Waals surface area contributed by atoms with Crippen molar-refractivity contribution in [3.05, 3.63) is 74.1 Å². The highest BCUT2D eigenvalue weighted by Crippen LogP contribution is 2.28. The average molecular weight is 431 g/mol. The lowest BCUT2D eigenvalue weighted by atomic mass is 10.2. The molecule has 3 aromatic rings. The second-order valence-corrected chi connectivity index (χ2v) is 7.45. The Morgan fingerprint density at radius 2 is 2.04 bits per heavy atom. The summed E-state index contributed by atoms with van der Waals surface area (Å²) in [5.74, 6) is 0. The summed E-state index contributed by atoms with van der Waals surface area (Å²) >= 11 is 11.0. The molecule has 3 rings (SSSR count). The second kappa shape index (κ2) is 7.83. The van der Waals surface area contributed by atoms with E-state index < -0.39 is 0 Å². The van der Waals surface area contributed by atoms with Crippen molar-refractivity contribution in [2.75, 3.05) is 5.32 Å². The number of nitrogens with zero attached hydrogens (tertiary/aromatic N) is 2. The number of hydrogen-bond acceptors (Lipinski definition) is 4. The quantitative estimate of drug-likeness (QED) is 0.480. The first-order valence-electron chi connectivity index (χ1n) is 7.42. The molecular weight excluding hydrogens is 418 g/mol. The summed E-state index contributed by atoms with van der Waals surface area (Å²) in [6, 6.07) is 15.8. The van der Waals surface area contributed by atoms with E-state index in [-0.39, 0.29) is 0 Å². The number of benzene rings is 2. The molecule has 1 aromatic heterocycles. The van der Waals surface area contributed by atoms with E-state index in [1.807, 2.05) is 54.8 Å². The van der Waals surface area contributed by atoms with E-state index in [1.54, 1.807) is 6.20 Å². The van der Waals surface area contributed by atoms with Gasteiger partial charge in [0.05, 0.1) is 5.69 Å². The van der Waals surface area contributed by atoms with Crippen molar-refractivity contribution in [2.24, 2.45) is 0 Å². The number of aromatic nitrogens is 1. The predicted octanol–water partition coefficient (Wildman–Crippen LogP) is 6.51. The molecule has 0 spiro atoms. The number of halogens is 2. The van der Waals surface area contributed by atoms with Crippen molar-refractivity contribution < 1.29 is 0 Å². The maximum absolute atomic E-state index is 9.47. The van der Waals surface area contributed by atoms with Crippen LogP contribution in [-0.4, -0.2) is 4.98 Å². The highest BCUT2D eigenvalue weighted by Gasteiger charge is 2.09. The maximum atomic E-state index is 9.47. The molecule has 6 heteroatoms. The first kappa shape index (κ1) is 17.7. The maximum Gasteiger partial charge on any atom is 0.136 e. The van der Waals surface area contributed by atoms with Gasteiger partial charge in [-0.15, -0.1) is 11.3 Å². The molecule has 0 saturated heterocycles. The Labute approximate surface area is 163 Å². The summed E-state index contributed by atoms with van der Waals surface area (Å²) in [5, 5.41) is 15.9. The molecule has 0 bridgehead atoms. The Balaban J connectivity index is 1.85. The summed E-state index contributed by atoms with van der Waals surface area (Å²) < 4.78 is 1.02. The minimum absolute atomic E-state index is 0.479. The summed E-state index contributed by atoms with van der Waals surface area (Å²) in [6.45, 7) is 1.93. The Morgan fingerprint density at radius 3 is 2.76 bits per heavy atom. The zero-order valence-electron chi connectivity index (χ0n) is 13.3. The van der Waals surface area contributed by atoms with Crippen LogP contribution in [0.5, 0.6) is 0 Å². The van der Waals surface area contributed by atoms with Gasteiger partial charge >= 0.3 is 0 Å². The lowest BCUT2D eigenvalue weighted by molar-refractivity contribution is 1.36. The van der Waals surface area contributed by atoms with Crippen LogP contribution in [0.4, 0.5) is 5.69 Å². The third kappa shape index (κ3) is 4.10. The van der Waals surface area contributed by atoms with Crippen LogP contribution in [0.2, 0.25) is 5.02 Å². The Kier molecular flexibility index (Phi) is 5.54. The fourth-order valence-electron chi connectivity index (χ4n) is 2.21. The van der Waals surface area contributed by atoms with Crippen LogP contribution in [0.3, 0.4) is 0 Å². The molecule has 0 radical (unpaired) electrons. The Hall–Kier alpha value is -2.13. The number of nitrogens with one attached hydrogen (secondary N) is 1. The molecule has 124 valence electrons. The van der Waals surface area contributed by atoms with Crippen LogP contribution >= 0.6 is 38.9 Å². The first-order chi connectivity index (χ1) is 12.1. The molecule has 0 fully saturated rings. The monoisotopic (exact) mass is 429 g/mol. The summed E-state index contributed by atoms with van der Waals surface area (Å²) in [6.07, 6.45) is 1.67. The van der Waals surface area contributed by atoms with Gasteiger partial charge in [0.1, 0.15) is 16.6 Å². The van der Waals surface area contributed by atoms with Gasteiger partial charge in [-0.1, -0.05) is 45.7 Å². The molecule has 2 aromatic carbocycles. The van der Waals surface area contributed by atoms with Gasteiger partial charge in [-0.3, -0.25) is 0 Å². The van der Waals surface area contributed by atoms with Crippen molar-refractivity contribution in [1.29, 1.82) is 5.26 Å². The van der Waals surface area contributed by atoms with Gasteiger partial charge < -0.3 is 5.32 Å². The van der Waals surface area contributed by atoms with Crippen LogP contribution in [0.15, 0.2) is 58.5 Å². The number of hydrogen-bond donors (Lipinski definition) is 1. The smallest absolute Gasteiger partial charge is 0.136 e. The van der Waals surface area contributed by atoms with Gasteiger partial charge in [-0.2, -0.15) is 5.26 Å². The van der Waals surface area contributed by atoms with Crippen LogP contribution < -0.4 is 5.32 Å². The molecule has 1 N–H and O–H groups in total. The van der Waals surface area contributed by atoms with Crippen LogP contribution in [0, 0.1) is 18.3 Å². The van der Waals surface area contributed by atoms with E-state index in [1.165, 1.54) is 11.3 Å². The molecule has 0 aliphatic carbocycles. The largest absolute Gasteiger partial charge is 0.360 e. The van der Waals surface area contributed by atoms with Crippen molar-refractivity contribution in [2.45, 2.75) is 6.92 Å². The van der Waals surface area contributed by atoms with Gasteiger partial charge in [-0.25, -0.2) is 4.98 Å². The molecule has 0 aliphatic heterocycles. The Morgan fingerprint density at radius 1 is 1.28 bits per heavy atom. The number of nitriles is 1. The SMILES string of the molecule is Cc1c(Cl)cccc1N/C=C(/C#N)c1nc(-c2ccc(Br)cc2)cs1. The van der Waals surface area contributed by atoms with Crippen LogP contribution in [-0.2, 0) is 0 Å². The second-order valence-electron chi connectivity index (χ2n) is 5.27. The number of rotatable bonds is 4. The molecule has 3 nitrogen and oxygen atoms in total. The van der Waals surface area contributed by atoms with Crippen LogP contribution in [0.1, 0.15) is 10.6 Å². The summed E-state index contributed by atoms with van der Waals surface area (Å²) in [5.41, 5.74) is 4.15. The standard InChI is InChI=1S/C19H13BrClN3S/c1-12-16(21)3-2-4-17(12)23-10-14(9-22)19-24-18(11-25-19)13-5-7-15(20)8-6-13/h2-8,10-11,23H,1H3/b14-10-. The normalized spacial score (nSPS) is 11.2. The van der Waals surface area contributed by atoms with E-state index >= 15 is 0 Å². The van der Waals surface area contributed by atoms with E-state index in [4.69, 9.17) is 11.6 Å². The fraction of sp³-hybridized carbons (Fsp3) is 0.0526. The molecule has 0 saturated carbocycles.